The molecule has 17 heavy (non-hydrogen) atoms. The number of carbonyl (C=O) groups excluding carboxylic acids is 2. The summed E-state index contributed by atoms with van der Waals surface area (Å²) < 4.78 is 4.60. The first kappa shape index (κ1) is 16.6. The van der Waals surface area contributed by atoms with Crippen molar-refractivity contribution in [2.75, 3.05) is 36.7 Å². The average molecular weight is 281 g/mol. The summed E-state index contributed by atoms with van der Waals surface area (Å²) >= 11 is 3.24. The second-order valence-corrected chi connectivity index (χ2v) is 5.56. The van der Waals surface area contributed by atoms with E-state index >= 15 is 0 Å². The fraction of sp³-hybridized carbons (Fsp3) is 0.800. The highest BCUT2D eigenvalue weighted by Gasteiger charge is 2.19. The molecule has 0 aliphatic heterocycles. The van der Waals surface area contributed by atoms with Crippen LogP contribution >= 0.6 is 23.5 Å². The van der Waals surface area contributed by atoms with Crippen molar-refractivity contribution in [2.45, 2.75) is 13.0 Å². The molecule has 0 fully saturated rings. The Kier molecular flexibility index (Phi) is 10.5. The van der Waals surface area contributed by atoms with Gasteiger partial charge in [0.1, 0.15) is 6.04 Å². The van der Waals surface area contributed by atoms with Gasteiger partial charge in [0, 0.05) is 29.9 Å². The zero-order valence-corrected chi connectivity index (χ0v) is 11.7. The van der Waals surface area contributed by atoms with Crippen LogP contribution in [0.1, 0.15) is 6.92 Å². The van der Waals surface area contributed by atoms with Crippen LogP contribution in [0.15, 0.2) is 0 Å². The summed E-state index contributed by atoms with van der Waals surface area (Å²) in [5, 5.41) is 11.1. The number of aliphatic hydroxyl groups is 1. The standard InChI is InChI=1S/C10H19NO4S2/c1-8(13)11-9(10(14)15-2)7-17-6-5-16-4-3-12/h9,12H,3-7H2,1-2H3,(H,11,13)/t9-/m0/s1. The average Bonchev–Trinajstić information content (AvgIpc) is 2.30. The van der Waals surface area contributed by atoms with Gasteiger partial charge in [-0.25, -0.2) is 4.79 Å². The number of carbonyl (C=O) groups is 2. The molecular formula is C10H19NO4S2. The van der Waals surface area contributed by atoms with Gasteiger partial charge in [-0.15, -0.1) is 0 Å². The smallest absolute Gasteiger partial charge is 0.329 e. The van der Waals surface area contributed by atoms with Crippen LogP contribution in [0, 0.1) is 0 Å². The van der Waals surface area contributed by atoms with Crippen LogP contribution < -0.4 is 5.32 Å². The van der Waals surface area contributed by atoms with E-state index < -0.39 is 12.0 Å². The van der Waals surface area contributed by atoms with Gasteiger partial charge in [0.25, 0.3) is 0 Å². The van der Waals surface area contributed by atoms with Gasteiger partial charge >= 0.3 is 5.97 Å². The molecule has 5 nitrogen and oxygen atoms in total. The van der Waals surface area contributed by atoms with Gasteiger partial charge in [-0.2, -0.15) is 23.5 Å². The summed E-state index contributed by atoms with van der Waals surface area (Å²) in [4.78, 5) is 22.2. The molecule has 0 aliphatic rings. The third-order valence-electron chi connectivity index (χ3n) is 1.76. The molecule has 7 heteroatoms. The number of amides is 1. The third-order valence-corrected chi connectivity index (χ3v) is 4.04. The van der Waals surface area contributed by atoms with Crippen molar-refractivity contribution in [2.24, 2.45) is 0 Å². The molecule has 1 amide bonds. The Hall–Kier alpha value is -0.400. The number of thioether (sulfide) groups is 2. The summed E-state index contributed by atoms with van der Waals surface area (Å²) in [6, 6.07) is -0.578. The van der Waals surface area contributed by atoms with Crippen LogP contribution in [0.4, 0.5) is 0 Å². The van der Waals surface area contributed by atoms with Gasteiger partial charge in [0.2, 0.25) is 5.91 Å². The summed E-state index contributed by atoms with van der Waals surface area (Å²) in [6.45, 7) is 1.56. The number of hydrogen-bond donors (Lipinski definition) is 2. The normalized spacial score (nSPS) is 11.9. The van der Waals surface area contributed by atoms with Crippen molar-refractivity contribution in [3.05, 3.63) is 0 Å². The van der Waals surface area contributed by atoms with Crippen molar-refractivity contribution in [3.63, 3.8) is 0 Å². The van der Waals surface area contributed by atoms with Crippen LogP contribution in [0.2, 0.25) is 0 Å². The SMILES string of the molecule is COC(=O)[C@H](CSCCSCCO)NC(C)=O. The van der Waals surface area contributed by atoms with Crippen LogP contribution in [-0.2, 0) is 14.3 Å². The fourth-order valence-corrected chi connectivity index (χ4v) is 2.94. The number of esters is 1. The van der Waals surface area contributed by atoms with Crippen molar-refractivity contribution >= 4 is 35.4 Å². The first-order chi connectivity index (χ1) is 8.11. The van der Waals surface area contributed by atoms with Gasteiger partial charge in [-0.1, -0.05) is 0 Å². The van der Waals surface area contributed by atoms with Crippen LogP contribution in [0.5, 0.6) is 0 Å². The molecule has 0 saturated carbocycles. The number of nitrogens with one attached hydrogen (secondary N) is 1. The largest absolute Gasteiger partial charge is 0.467 e. The number of hydrogen-bond acceptors (Lipinski definition) is 6. The Bertz CT molecular complexity index is 238. The van der Waals surface area contributed by atoms with Crippen molar-refractivity contribution < 1.29 is 19.4 Å². The van der Waals surface area contributed by atoms with Crippen LogP contribution in [-0.4, -0.2) is 59.8 Å². The minimum Gasteiger partial charge on any atom is -0.467 e. The Morgan fingerprint density at radius 2 is 1.94 bits per heavy atom. The maximum absolute atomic E-state index is 11.3. The molecule has 0 heterocycles. The molecule has 0 aliphatic carbocycles. The summed E-state index contributed by atoms with van der Waals surface area (Å²) in [5.74, 6) is 2.36. The number of aliphatic hydroxyl groups excluding tert-OH is 1. The van der Waals surface area contributed by atoms with E-state index in [1.165, 1.54) is 14.0 Å². The van der Waals surface area contributed by atoms with Crippen LogP contribution in [0.25, 0.3) is 0 Å². The van der Waals surface area contributed by atoms with E-state index in [0.29, 0.717) is 5.75 Å². The lowest BCUT2D eigenvalue weighted by Gasteiger charge is -2.14. The minimum atomic E-state index is -0.578. The summed E-state index contributed by atoms with van der Waals surface area (Å²) in [7, 11) is 1.30. The molecule has 0 aromatic carbocycles. The number of rotatable bonds is 9. The highest BCUT2D eigenvalue weighted by molar-refractivity contribution is 8.02. The Balaban J connectivity index is 3.76. The zero-order valence-electron chi connectivity index (χ0n) is 10.1. The second kappa shape index (κ2) is 10.7. The van der Waals surface area contributed by atoms with Crippen molar-refractivity contribution in [3.8, 4) is 0 Å². The Morgan fingerprint density at radius 1 is 1.29 bits per heavy atom. The van der Waals surface area contributed by atoms with E-state index in [1.807, 2.05) is 0 Å². The first-order valence-corrected chi connectivity index (χ1v) is 7.54. The number of methoxy groups -OCH3 is 1. The van der Waals surface area contributed by atoms with Gasteiger partial charge in [-0.3, -0.25) is 4.79 Å². The first-order valence-electron chi connectivity index (χ1n) is 5.23. The number of ether oxygens (including phenoxy) is 1. The third kappa shape index (κ3) is 9.31. The predicted molar refractivity (Wildman–Crippen MR) is 71.4 cm³/mol. The molecule has 0 radical (unpaired) electrons. The van der Waals surface area contributed by atoms with Crippen molar-refractivity contribution in [1.29, 1.82) is 0 Å². The molecule has 0 saturated heterocycles. The summed E-state index contributed by atoms with van der Waals surface area (Å²) in [5.41, 5.74) is 0. The predicted octanol–water partition coefficient (Wildman–Crippen LogP) is 0.123. The highest BCUT2D eigenvalue weighted by atomic mass is 32.2. The molecule has 1 atom stereocenters. The van der Waals surface area contributed by atoms with Gasteiger partial charge in [0.05, 0.1) is 13.7 Å². The van der Waals surface area contributed by atoms with Gasteiger partial charge < -0.3 is 15.2 Å². The van der Waals surface area contributed by atoms with E-state index in [1.54, 1.807) is 23.5 Å². The molecule has 0 rings (SSSR count). The molecule has 2 N–H and O–H groups in total. The monoisotopic (exact) mass is 281 g/mol. The molecule has 0 unspecified atom stereocenters. The topological polar surface area (TPSA) is 75.6 Å². The Morgan fingerprint density at radius 3 is 2.47 bits per heavy atom. The minimum absolute atomic E-state index is 0.187. The summed E-state index contributed by atoms with van der Waals surface area (Å²) in [6.07, 6.45) is 0. The van der Waals surface area contributed by atoms with Gasteiger partial charge in [-0.05, 0) is 0 Å². The molecule has 100 valence electrons. The molecule has 0 aromatic heterocycles. The van der Waals surface area contributed by atoms with E-state index in [4.69, 9.17) is 5.11 Å². The second-order valence-electron chi connectivity index (χ2n) is 3.19. The Labute approximate surface area is 110 Å². The lowest BCUT2D eigenvalue weighted by Crippen LogP contribution is -2.42. The quantitative estimate of drug-likeness (QED) is 0.462. The van der Waals surface area contributed by atoms with Crippen LogP contribution in [0.3, 0.4) is 0 Å². The maximum Gasteiger partial charge on any atom is 0.329 e. The van der Waals surface area contributed by atoms with Gasteiger partial charge in [0.15, 0.2) is 0 Å². The zero-order chi connectivity index (χ0) is 13.1. The molecule has 0 bridgehead atoms. The maximum atomic E-state index is 11.3. The van der Waals surface area contributed by atoms with E-state index in [9.17, 15) is 9.59 Å². The molecule has 0 spiro atoms. The molecule has 0 aromatic rings. The lowest BCUT2D eigenvalue weighted by atomic mass is 10.3. The van der Waals surface area contributed by atoms with Crippen molar-refractivity contribution in [1.82, 2.24) is 5.32 Å². The van der Waals surface area contributed by atoms with E-state index in [0.717, 1.165) is 17.3 Å². The highest BCUT2D eigenvalue weighted by Crippen LogP contribution is 2.08. The fourth-order valence-electron chi connectivity index (χ4n) is 1.04. The lowest BCUT2D eigenvalue weighted by molar-refractivity contribution is -0.144. The van der Waals surface area contributed by atoms with E-state index in [2.05, 4.69) is 10.1 Å². The van der Waals surface area contributed by atoms with E-state index in [-0.39, 0.29) is 12.5 Å². The molecular weight excluding hydrogens is 262 g/mol.